The third-order valence-electron chi connectivity index (χ3n) is 3.08. The van der Waals surface area contributed by atoms with E-state index >= 15 is 0 Å². The molecule has 0 saturated carbocycles. The molecule has 1 aliphatic heterocycles. The van der Waals surface area contributed by atoms with Gasteiger partial charge >= 0.3 is 5.97 Å². The number of carboxylic acids is 1. The first-order chi connectivity index (χ1) is 8.56. The first-order valence-electron chi connectivity index (χ1n) is 5.74. The van der Waals surface area contributed by atoms with Crippen molar-refractivity contribution in [2.75, 3.05) is 13.2 Å². The van der Waals surface area contributed by atoms with E-state index in [-0.39, 0.29) is 12.5 Å². The summed E-state index contributed by atoms with van der Waals surface area (Å²) in [6.07, 6.45) is 0.392. The van der Waals surface area contributed by atoms with Gasteiger partial charge in [-0.15, -0.1) is 0 Å². The molecule has 6 nitrogen and oxygen atoms in total. The Balaban J connectivity index is 2.43. The van der Waals surface area contributed by atoms with Gasteiger partial charge in [-0.25, -0.2) is 4.79 Å². The fraction of sp³-hybridized carbons (Fsp3) is 0.500. The van der Waals surface area contributed by atoms with Gasteiger partial charge in [-0.05, 0) is 25.5 Å². The van der Waals surface area contributed by atoms with Crippen LogP contribution >= 0.6 is 0 Å². The van der Waals surface area contributed by atoms with E-state index in [1.165, 1.54) is 11.2 Å². The maximum absolute atomic E-state index is 11.8. The van der Waals surface area contributed by atoms with E-state index in [0.29, 0.717) is 12.3 Å². The Morgan fingerprint density at radius 3 is 2.83 bits per heavy atom. The molecule has 98 valence electrons. The van der Waals surface area contributed by atoms with E-state index in [1.54, 1.807) is 13.0 Å². The van der Waals surface area contributed by atoms with Gasteiger partial charge in [-0.1, -0.05) is 0 Å². The van der Waals surface area contributed by atoms with Gasteiger partial charge < -0.3 is 19.2 Å². The molecule has 1 aromatic rings. The number of amides is 1. The molecule has 0 spiro atoms. The standard InChI is InChI=1S/C12H15NO5/c1-3-13-8(14)6-18-11(12(15)16)9(13)10-7(2)4-5-17-10/h4-5,9,11H,3,6H2,1-2H3,(H,15,16). The van der Waals surface area contributed by atoms with Crippen LogP contribution in [0.2, 0.25) is 0 Å². The Morgan fingerprint density at radius 2 is 2.33 bits per heavy atom. The number of nitrogens with zero attached hydrogens (tertiary/aromatic N) is 1. The molecule has 0 aromatic carbocycles. The highest BCUT2D eigenvalue weighted by Gasteiger charge is 2.43. The second-order valence-electron chi connectivity index (χ2n) is 4.16. The number of carboxylic acid groups (broad SMARTS) is 1. The zero-order valence-electron chi connectivity index (χ0n) is 10.3. The number of likely N-dealkylation sites (N-methyl/N-ethyl adjacent to an activating group) is 1. The summed E-state index contributed by atoms with van der Waals surface area (Å²) in [5.41, 5.74) is 0.808. The second kappa shape index (κ2) is 4.81. The van der Waals surface area contributed by atoms with Gasteiger partial charge in [0.25, 0.3) is 0 Å². The SMILES string of the molecule is CCN1C(=O)COC(C(=O)O)C1c1occc1C. The monoisotopic (exact) mass is 253 g/mol. The number of carbonyl (C=O) groups is 2. The van der Waals surface area contributed by atoms with Crippen LogP contribution in [-0.2, 0) is 14.3 Å². The van der Waals surface area contributed by atoms with Crippen molar-refractivity contribution in [3.05, 3.63) is 23.7 Å². The van der Waals surface area contributed by atoms with Gasteiger partial charge in [0.2, 0.25) is 5.91 Å². The van der Waals surface area contributed by atoms with E-state index in [9.17, 15) is 14.7 Å². The molecule has 2 heterocycles. The third kappa shape index (κ3) is 1.99. The fourth-order valence-corrected chi connectivity index (χ4v) is 2.20. The number of furan rings is 1. The molecule has 1 fully saturated rings. The van der Waals surface area contributed by atoms with Crippen LogP contribution in [0.25, 0.3) is 0 Å². The molecule has 18 heavy (non-hydrogen) atoms. The number of morpholine rings is 1. The molecule has 2 rings (SSSR count). The number of carbonyl (C=O) groups excluding carboxylic acids is 1. The number of rotatable bonds is 3. The van der Waals surface area contributed by atoms with Gasteiger partial charge in [0.05, 0.1) is 6.26 Å². The fourth-order valence-electron chi connectivity index (χ4n) is 2.20. The molecule has 6 heteroatoms. The van der Waals surface area contributed by atoms with Crippen LogP contribution < -0.4 is 0 Å². The summed E-state index contributed by atoms with van der Waals surface area (Å²) in [6.45, 7) is 3.82. The number of hydrogen-bond donors (Lipinski definition) is 1. The Morgan fingerprint density at radius 1 is 1.61 bits per heavy atom. The summed E-state index contributed by atoms with van der Waals surface area (Å²) in [7, 11) is 0. The molecular weight excluding hydrogens is 238 g/mol. The molecule has 1 N–H and O–H groups in total. The van der Waals surface area contributed by atoms with Crippen molar-refractivity contribution in [2.24, 2.45) is 0 Å². The second-order valence-corrected chi connectivity index (χ2v) is 4.16. The van der Waals surface area contributed by atoms with Crippen molar-refractivity contribution >= 4 is 11.9 Å². The first-order valence-corrected chi connectivity index (χ1v) is 5.74. The van der Waals surface area contributed by atoms with Crippen molar-refractivity contribution in [3.63, 3.8) is 0 Å². The number of aryl methyl sites for hydroxylation is 1. The Labute approximate surface area is 104 Å². The van der Waals surface area contributed by atoms with Crippen LogP contribution in [0.4, 0.5) is 0 Å². The van der Waals surface area contributed by atoms with E-state index in [1.807, 2.05) is 6.92 Å². The normalized spacial score (nSPS) is 24.3. The molecule has 1 aliphatic rings. The van der Waals surface area contributed by atoms with Crippen LogP contribution in [0.3, 0.4) is 0 Å². The molecule has 1 saturated heterocycles. The minimum absolute atomic E-state index is 0.207. The van der Waals surface area contributed by atoms with Crippen LogP contribution in [-0.4, -0.2) is 41.1 Å². The highest BCUT2D eigenvalue weighted by atomic mass is 16.5. The largest absolute Gasteiger partial charge is 0.479 e. The summed E-state index contributed by atoms with van der Waals surface area (Å²) >= 11 is 0. The zero-order chi connectivity index (χ0) is 13.3. The average molecular weight is 253 g/mol. The lowest BCUT2D eigenvalue weighted by Crippen LogP contribution is -2.51. The number of hydrogen-bond acceptors (Lipinski definition) is 4. The van der Waals surface area contributed by atoms with Crippen molar-refractivity contribution in [1.82, 2.24) is 4.90 Å². The van der Waals surface area contributed by atoms with Gasteiger partial charge in [0.1, 0.15) is 18.4 Å². The van der Waals surface area contributed by atoms with Crippen LogP contribution in [0.1, 0.15) is 24.3 Å². The summed E-state index contributed by atoms with van der Waals surface area (Å²) in [6, 6.07) is 1.03. The third-order valence-corrected chi connectivity index (χ3v) is 3.08. The smallest absolute Gasteiger partial charge is 0.335 e. The quantitative estimate of drug-likeness (QED) is 0.867. The van der Waals surface area contributed by atoms with Gasteiger partial charge in [-0.2, -0.15) is 0 Å². The molecule has 0 radical (unpaired) electrons. The van der Waals surface area contributed by atoms with Crippen molar-refractivity contribution < 1.29 is 23.8 Å². The molecule has 0 bridgehead atoms. The summed E-state index contributed by atoms with van der Waals surface area (Å²) in [4.78, 5) is 24.5. The number of aliphatic carboxylic acids is 1. The lowest BCUT2D eigenvalue weighted by atomic mass is 10.0. The average Bonchev–Trinajstić information content (AvgIpc) is 2.74. The van der Waals surface area contributed by atoms with E-state index in [4.69, 9.17) is 9.15 Å². The molecule has 2 unspecified atom stereocenters. The molecule has 2 atom stereocenters. The van der Waals surface area contributed by atoms with Crippen LogP contribution in [0.15, 0.2) is 16.7 Å². The molecule has 0 aliphatic carbocycles. The topological polar surface area (TPSA) is 80.0 Å². The highest BCUT2D eigenvalue weighted by molar-refractivity contribution is 5.82. The predicted molar refractivity (Wildman–Crippen MR) is 60.9 cm³/mol. The van der Waals surface area contributed by atoms with E-state index in [2.05, 4.69) is 0 Å². The highest BCUT2D eigenvalue weighted by Crippen LogP contribution is 2.32. The maximum Gasteiger partial charge on any atom is 0.335 e. The Kier molecular flexibility index (Phi) is 3.38. The summed E-state index contributed by atoms with van der Waals surface area (Å²) < 4.78 is 10.5. The summed E-state index contributed by atoms with van der Waals surface area (Å²) in [5, 5.41) is 9.19. The summed E-state index contributed by atoms with van der Waals surface area (Å²) in [5.74, 6) is -0.852. The molecule has 1 aromatic heterocycles. The maximum atomic E-state index is 11.8. The number of ether oxygens (including phenoxy) is 1. The van der Waals surface area contributed by atoms with Crippen molar-refractivity contribution in [2.45, 2.75) is 26.0 Å². The Hall–Kier alpha value is -1.82. The lowest BCUT2D eigenvalue weighted by molar-refractivity contribution is -0.174. The Bertz CT molecular complexity index is 465. The van der Waals surface area contributed by atoms with Crippen LogP contribution in [0.5, 0.6) is 0 Å². The van der Waals surface area contributed by atoms with Gasteiger partial charge in [0.15, 0.2) is 6.10 Å². The molecular formula is C12H15NO5. The molecule has 1 amide bonds. The lowest BCUT2D eigenvalue weighted by Gasteiger charge is -2.37. The minimum Gasteiger partial charge on any atom is -0.479 e. The van der Waals surface area contributed by atoms with Crippen LogP contribution in [0, 0.1) is 6.92 Å². The van der Waals surface area contributed by atoms with Crippen molar-refractivity contribution in [3.8, 4) is 0 Å². The van der Waals surface area contributed by atoms with Gasteiger partial charge in [-0.3, -0.25) is 4.79 Å². The minimum atomic E-state index is -1.10. The van der Waals surface area contributed by atoms with Gasteiger partial charge in [0, 0.05) is 6.54 Å². The van der Waals surface area contributed by atoms with Crippen molar-refractivity contribution in [1.29, 1.82) is 0 Å². The first kappa shape index (κ1) is 12.6. The van der Waals surface area contributed by atoms with E-state index < -0.39 is 18.1 Å². The predicted octanol–water partition coefficient (Wildman–Crippen LogP) is 0.961. The van der Waals surface area contributed by atoms with E-state index in [0.717, 1.165) is 5.56 Å². The zero-order valence-corrected chi connectivity index (χ0v) is 10.3.